The molecule has 1 aliphatic heterocycles. The Morgan fingerprint density at radius 3 is 2.90 bits per heavy atom. The molecular formula is C14H23N5OS. The third kappa shape index (κ3) is 3.29. The van der Waals surface area contributed by atoms with Crippen LogP contribution in [0.15, 0.2) is 0 Å². The number of thiazole rings is 1. The molecule has 2 aliphatic rings. The maximum Gasteiger partial charge on any atom is 0.267 e. The second-order valence-electron chi connectivity index (χ2n) is 6.13. The third-order valence-corrected chi connectivity index (χ3v) is 5.21. The van der Waals surface area contributed by atoms with Crippen molar-refractivity contribution >= 4 is 28.2 Å². The van der Waals surface area contributed by atoms with Gasteiger partial charge in [-0.05, 0) is 39.3 Å². The summed E-state index contributed by atoms with van der Waals surface area (Å²) in [7, 11) is 3.97. The molecule has 6 nitrogen and oxygen atoms in total. The van der Waals surface area contributed by atoms with Crippen LogP contribution in [-0.4, -0.2) is 60.0 Å². The lowest BCUT2D eigenvalue weighted by Gasteiger charge is -2.35. The summed E-state index contributed by atoms with van der Waals surface area (Å²) in [5.74, 6) is 0.346. The number of piperidine rings is 1. The zero-order valence-electron chi connectivity index (χ0n) is 12.6. The van der Waals surface area contributed by atoms with Crippen LogP contribution in [-0.2, 0) is 0 Å². The van der Waals surface area contributed by atoms with Crippen molar-refractivity contribution in [3.05, 3.63) is 4.88 Å². The van der Waals surface area contributed by atoms with Gasteiger partial charge in [-0.15, -0.1) is 0 Å². The summed E-state index contributed by atoms with van der Waals surface area (Å²) in [6.45, 7) is 2.03. The molecule has 1 aromatic heterocycles. The van der Waals surface area contributed by atoms with Crippen molar-refractivity contribution in [1.29, 1.82) is 0 Å². The number of nitrogens with one attached hydrogen (secondary N) is 1. The van der Waals surface area contributed by atoms with Crippen LogP contribution in [0.4, 0.5) is 10.9 Å². The Balaban J connectivity index is 1.69. The van der Waals surface area contributed by atoms with E-state index in [1.54, 1.807) is 0 Å². The SMILES string of the molecule is CN1CCCC(N(C)C(=O)c2sc(NC3CC3)nc2N)C1. The monoisotopic (exact) mass is 309 g/mol. The van der Waals surface area contributed by atoms with E-state index >= 15 is 0 Å². The van der Waals surface area contributed by atoms with Crippen LogP contribution in [0, 0.1) is 0 Å². The van der Waals surface area contributed by atoms with Gasteiger partial charge in [-0.25, -0.2) is 4.98 Å². The molecule has 3 rings (SSSR count). The molecule has 1 aliphatic carbocycles. The second-order valence-corrected chi connectivity index (χ2v) is 7.13. The number of carbonyl (C=O) groups excluding carboxylic acids is 1. The minimum atomic E-state index is -0.00542. The van der Waals surface area contributed by atoms with Gasteiger partial charge in [-0.2, -0.15) is 0 Å². The summed E-state index contributed by atoms with van der Waals surface area (Å²) < 4.78 is 0. The van der Waals surface area contributed by atoms with Crippen molar-refractivity contribution in [2.45, 2.75) is 37.8 Å². The molecule has 3 N–H and O–H groups in total. The molecule has 1 saturated carbocycles. The number of likely N-dealkylation sites (N-methyl/N-ethyl adjacent to an activating group) is 2. The topological polar surface area (TPSA) is 74.5 Å². The number of anilines is 2. The lowest BCUT2D eigenvalue weighted by molar-refractivity contribution is 0.0649. The highest BCUT2D eigenvalue weighted by Gasteiger charge is 2.29. The number of carbonyl (C=O) groups is 1. The Morgan fingerprint density at radius 1 is 1.48 bits per heavy atom. The van der Waals surface area contributed by atoms with Crippen molar-refractivity contribution in [1.82, 2.24) is 14.8 Å². The minimum Gasteiger partial charge on any atom is -0.382 e. The van der Waals surface area contributed by atoms with E-state index in [9.17, 15) is 4.79 Å². The first-order valence-corrected chi connectivity index (χ1v) is 8.35. The van der Waals surface area contributed by atoms with Crippen LogP contribution < -0.4 is 11.1 Å². The van der Waals surface area contributed by atoms with Crippen molar-refractivity contribution in [3.8, 4) is 0 Å². The number of aromatic nitrogens is 1. The van der Waals surface area contributed by atoms with Gasteiger partial charge in [0, 0.05) is 25.7 Å². The number of hydrogen-bond donors (Lipinski definition) is 2. The van der Waals surface area contributed by atoms with E-state index in [4.69, 9.17) is 5.73 Å². The summed E-state index contributed by atoms with van der Waals surface area (Å²) in [5, 5.41) is 4.08. The zero-order valence-corrected chi connectivity index (χ0v) is 13.4. The molecule has 2 heterocycles. The van der Waals surface area contributed by atoms with Gasteiger partial charge in [0.05, 0.1) is 0 Å². The molecule has 1 unspecified atom stereocenters. The highest BCUT2D eigenvalue weighted by atomic mass is 32.1. The highest BCUT2D eigenvalue weighted by Crippen LogP contribution is 2.31. The van der Waals surface area contributed by atoms with Crippen LogP contribution in [0.5, 0.6) is 0 Å². The highest BCUT2D eigenvalue weighted by molar-refractivity contribution is 7.18. The molecule has 0 aromatic carbocycles. The van der Waals surface area contributed by atoms with Crippen LogP contribution in [0.3, 0.4) is 0 Å². The van der Waals surface area contributed by atoms with Crippen LogP contribution >= 0.6 is 11.3 Å². The number of nitrogen functional groups attached to an aromatic ring is 1. The lowest BCUT2D eigenvalue weighted by atomic mass is 10.0. The Bertz CT molecular complexity index is 527. The van der Waals surface area contributed by atoms with E-state index < -0.39 is 0 Å². The van der Waals surface area contributed by atoms with Crippen molar-refractivity contribution in [3.63, 3.8) is 0 Å². The van der Waals surface area contributed by atoms with Gasteiger partial charge in [0.1, 0.15) is 10.7 Å². The van der Waals surface area contributed by atoms with Gasteiger partial charge in [-0.1, -0.05) is 11.3 Å². The summed E-state index contributed by atoms with van der Waals surface area (Å²) >= 11 is 1.38. The average Bonchev–Trinajstić information content (AvgIpc) is 3.19. The molecule has 0 spiro atoms. The fourth-order valence-electron chi connectivity index (χ4n) is 2.73. The average molecular weight is 309 g/mol. The largest absolute Gasteiger partial charge is 0.382 e. The Hall–Kier alpha value is -1.34. The van der Waals surface area contributed by atoms with Gasteiger partial charge in [-0.3, -0.25) is 4.79 Å². The van der Waals surface area contributed by atoms with Crippen LogP contribution in [0.2, 0.25) is 0 Å². The van der Waals surface area contributed by atoms with Crippen molar-refractivity contribution < 1.29 is 4.79 Å². The first-order chi connectivity index (χ1) is 10.0. The number of nitrogens with zero attached hydrogens (tertiary/aromatic N) is 3. The van der Waals surface area contributed by atoms with Crippen LogP contribution in [0.1, 0.15) is 35.4 Å². The van der Waals surface area contributed by atoms with Gasteiger partial charge >= 0.3 is 0 Å². The van der Waals surface area contributed by atoms with E-state index in [0.29, 0.717) is 16.7 Å². The second kappa shape index (κ2) is 5.81. The molecule has 1 aromatic rings. The number of amides is 1. The Kier molecular flexibility index (Phi) is 4.03. The zero-order chi connectivity index (χ0) is 15.0. The fraction of sp³-hybridized carbons (Fsp3) is 0.714. The van der Waals surface area contributed by atoms with E-state index in [0.717, 1.165) is 31.1 Å². The van der Waals surface area contributed by atoms with E-state index in [1.165, 1.54) is 24.2 Å². The quantitative estimate of drug-likeness (QED) is 0.881. The molecule has 7 heteroatoms. The van der Waals surface area contributed by atoms with E-state index in [-0.39, 0.29) is 11.9 Å². The molecule has 21 heavy (non-hydrogen) atoms. The maximum atomic E-state index is 12.7. The summed E-state index contributed by atoms with van der Waals surface area (Å²) in [6.07, 6.45) is 4.54. The van der Waals surface area contributed by atoms with E-state index in [2.05, 4.69) is 22.2 Å². The molecular weight excluding hydrogens is 286 g/mol. The van der Waals surface area contributed by atoms with Crippen molar-refractivity contribution in [2.75, 3.05) is 38.2 Å². The smallest absolute Gasteiger partial charge is 0.267 e. The molecule has 1 amide bonds. The number of hydrogen-bond acceptors (Lipinski definition) is 6. The van der Waals surface area contributed by atoms with Gasteiger partial charge < -0.3 is 20.9 Å². The van der Waals surface area contributed by atoms with Gasteiger partial charge in [0.15, 0.2) is 5.13 Å². The normalized spacial score (nSPS) is 23.0. The maximum absolute atomic E-state index is 12.7. The summed E-state index contributed by atoms with van der Waals surface area (Å²) in [5.41, 5.74) is 5.93. The number of nitrogens with two attached hydrogens (primary N) is 1. The fourth-order valence-corrected chi connectivity index (χ4v) is 3.67. The molecule has 116 valence electrons. The number of likely N-dealkylation sites (tertiary alicyclic amines) is 1. The summed E-state index contributed by atoms with van der Waals surface area (Å²) in [4.78, 5) is 21.6. The van der Waals surface area contributed by atoms with Crippen LogP contribution in [0.25, 0.3) is 0 Å². The summed E-state index contributed by atoms with van der Waals surface area (Å²) in [6, 6.07) is 0.779. The predicted octanol–water partition coefficient (Wildman–Crippen LogP) is 1.47. The standard InChI is InChI=1S/C14H23N5OS/c1-18-7-3-4-10(8-18)19(2)13(20)11-12(15)17-14(21-11)16-9-5-6-9/h9-10H,3-8,15H2,1-2H3,(H,16,17). The molecule has 0 radical (unpaired) electrons. The Labute approximate surface area is 129 Å². The van der Waals surface area contributed by atoms with Crippen molar-refractivity contribution in [2.24, 2.45) is 0 Å². The molecule has 1 saturated heterocycles. The van der Waals surface area contributed by atoms with E-state index in [1.807, 2.05) is 11.9 Å². The van der Waals surface area contributed by atoms with Gasteiger partial charge in [0.25, 0.3) is 5.91 Å². The predicted molar refractivity (Wildman–Crippen MR) is 85.8 cm³/mol. The Morgan fingerprint density at radius 2 is 2.24 bits per heavy atom. The molecule has 2 fully saturated rings. The third-order valence-electron chi connectivity index (χ3n) is 4.22. The molecule has 0 bridgehead atoms. The van der Waals surface area contributed by atoms with Gasteiger partial charge in [0.2, 0.25) is 0 Å². The first-order valence-electron chi connectivity index (χ1n) is 7.53. The number of rotatable bonds is 4. The molecule has 1 atom stereocenters. The lowest BCUT2D eigenvalue weighted by Crippen LogP contribution is -2.47. The minimum absolute atomic E-state index is 0.00542. The first kappa shape index (κ1) is 14.6.